The Morgan fingerprint density at radius 2 is 1.74 bits per heavy atom. The second kappa shape index (κ2) is 5.88. The fourth-order valence-corrected chi connectivity index (χ4v) is 3.05. The van der Waals surface area contributed by atoms with E-state index in [0.29, 0.717) is 5.71 Å². The Kier molecular flexibility index (Phi) is 3.90. The van der Waals surface area contributed by atoms with Gasteiger partial charge in [0, 0.05) is 0 Å². The summed E-state index contributed by atoms with van der Waals surface area (Å²) in [4.78, 5) is 11.8. The number of anilines is 1. The lowest BCUT2D eigenvalue weighted by atomic mass is 9.90. The van der Waals surface area contributed by atoms with Gasteiger partial charge < -0.3 is 5.11 Å². The van der Waals surface area contributed by atoms with Crippen molar-refractivity contribution < 1.29 is 9.90 Å². The molecule has 2 atom stereocenters. The Morgan fingerprint density at radius 3 is 2.35 bits per heavy atom. The molecule has 23 heavy (non-hydrogen) atoms. The second-order valence-electron chi connectivity index (χ2n) is 6.03. The molecule has 4 nitrogen and oxygen atoms in total. The van der Waals surface area contributed by atoms with Gasteiger partial charge in [0.1, 0.15) is 5.92 Å². The number of hydrazone groups is 1. The Morgan fingerprint density at radius 1 is 1.04 bits per heavy atom. The largest absolute Gasteiger partial charge is 0.481 e. The van der Waals surface area contributed by atoms with Crippen LogP contribution in [0.3, 0.4) is 0 Å². The number of carboxylic acids is 1. The van der Waals surface area contributed by atoms with E-state index in [1.807, 2.05) is 47.5 Å². The summed E-state index contributed by atoms with van der Waals surface area (Å²) in [5.74, 6) is -1.48. The normalized spacial score (nSPS) is 20.5. The summed E-state index contributed by atoms with van der Waals surface area (Å²) in [7, 11) is 0. The molecule has 0 radical (unpaired) electrons. The summed E-state index contributed by atoms with van der Waals surface area (Å²) < 4.78 is 0. The molecule has 2 aromatic rings. The molecule has 2 unspecified atom stereocenters. The molecule has 0 bridgehead atoms. The van der Waals surface area contributed by atoms with Crippen LogP contribution in [0.4, 0.5) is 5.69 Å². The molecule has 0 amide bonds. The Bertz CT molecular complexity index is 768. The lowest BCUT2D eigenvalue weighted by molar-refractivity contribution is -0.139. The highest BCUT2D eigenvalue weighted by Crippen LogP contribution is 2.39. The van der Waals surface area contributed by atoms with E-state index in [4.69, 9.17) is 0 Å². The maximum Gasteiger partial charge on any atom is 0.314 e. The smallest absolute Gasteiger partial charge is 0.314 e. The van der Waals surface area contributed by atoms with Crippen molar-refractivity contribution in [1.82, 2.24) is 0 Å². The lowest BCUT2D eigenvalue weighted by Gasteiger charge is -2.27. The lowest BCUT2D eigenvalue weighted by Crippen LogP contribution is -2.30. The molecular formula is C19H20N2O2. The van der Waals surface area contributed by atoms with Crippen molar-refractivity contribution in [2.45, 2.75) is 26.8 Å². The molecule has 0 spiro atoms. The first kappa shape index (κ1) is 15.3. The van der Waals surface area contributed by atoms with Crippen LogP contribution in [-0.2, 0) is 4.79 Å². The minimum Gasteiger partial charge on any atom is -0.481 e. The summed E-state index contributed by atoms with van der Waals surface area (Å²) in [6.45, 7) is 5.90. The van der Waals surface area contributed by atoms with Gasteiger partial charge in [-0.3, -0.25) is 9.80 Å². The van der Waals surface area contributed by atoms with Crippen molar-refractivity contribution in [3.8, 4) is 0 Å². The molecule has 1 aliphatic rings. The maximum absolute atomic E-state index is 11.8. The van der Waals surface area contributed by atoms with Crippen molar-refractivity contribution in [2.24, 2.45) is 11.0 Å². The molecule has 3 rings (SSSR count). The van der Waals surface area contributed by atoms with Crippen molar-refractivity contribution in [2.75, 3.05) is 5.01 Å². The number of aliphatic carboxylic acids is 1. The van der Waals surface area contributed by atoms with Gasteiger partial charge in [0.15, 0.2) is 0 Å². The van der Waals surface area contributed by atoms with E-state index in [1.54, 1.807) is 6.92 Å². The summed E-state index contributed by atoms with van der Waals surface area (Å²) in [5, 5.41) is 16.1. The number of carbonyl (C=O) groups is 1. The average Bonchev–Trinajstić information content (AvgIpc) is 2.88. The summed E-state index contributed by atoms with van der Waals surface area (Å²) in [5.41, 5.74) is 4.88. The van der Waals surface area contributed by atoms with Gasteiger partial charge in [-0.2, -0.15) is 5.10 Å². The summed E-state index contributed by atoms with van der Waals surface area (Å²) in [6.07, 6.45) is 0. The van der Waals surface area contributed by atoms with Gasteiger partial charge in [-0.15, -0.1) is 0 Å². The van der Waals surface area contributed by atoms with Crippen molar-refractivity contribution in [3.05, 3.63) is 65.2 Å². The third kappa shape index (κ3) is 2.72. The highest BCUT2D eigenvalue weighted by Gasteiger charge is 2.41. The Labute approximate surface area is 136 Å². The minimum absolute atomic E-state index is 0.323. The van der Waals surface area contributed by atoms with Crippen LogP contribution in [0, 0.1) is 19.8 Å². The Balaban J connectivity index is 2.10. The van der Waals surface area contributed by atoms with E-state index >= 15 is 0 Å². The first-order chi connectivity index (χ1) is 11.0. The van der Waals surface area contributed by atoms with E-state index in [2.05, 4.69) is 25.0 Å². The van der Waals surface area contributed by atoms with E-state index in [-0.39, 0.29) is 6.04 Å². The number of hydrogen-bond donors (Lipinski definition) is 1. The SMILES string of the molecule is CC1=NN(c2ccc(C)c(C)c2)C(c2ccccc2)C1C(=O)O. The first-order valence-corrected chi connectivity index (χ1v) is 7.68. The number of benzene rings is 2. The molecule has 1 N–H and O–H groups in total. The quantitative estimate of drug-likeness (QED) is 0.934. The van der Waals surface area contributed by atoms with Crippen LogP contribution in [0.5, 0.6) is 0 Å². The molecule has 0 aromatic heterocycles. The van der Waals surface area contributed by atoms with Crippen LogP contribution < -0.4 is 5.01 Å². The van der Waals surface area contributed by atoms with Gasteiger partial charge in [-0.1, -0.05) is 36.4 Å². The fourth-order valence-electron chi connectivity index (χ4n) is 3.05. The van der Waals surface area contributed by atoms with Crippen molar-refractivity contribution in [1.29, 1.82) is 0 Å². The van der Waals surface area contributed by atoms with Gasteiger partial charge in [0.05, 0.1) is 17.4 Å². The van der Waals surface area contributed by atoms with Gasteiger partial charge >= 0.3 is 5.97 Å². The maximum atomic E-state index is 11.8. The zero-order valence-corrected chi connectivity index (χ0v) is 13.5. The molecule has 2 aromatic carbocycles. The molecule has 1 heterocycles. The zero-order valence-electron chi connectivity index (χ0n) is 13.5. The van der Waals surface area contributed by atoms with Crippen molar-refractivity contribution >= 4 is 17.4 Å². The number of hydrogen-bond acceptors (Lipinski definition) is 3. The number of carboxylic acid groups (broad SMARTS) is 1. The predicted octanol–water partition coefficient (Wildman–Crippen LogP) is 3.94. The third-order valence-corrected chi connectivity index (χ3v) is 4.46. The zero-order chi connectivity index (χ0) is 16.6. The highest BCUT2D eigenvalue weighted by molar-refractivity contribution is 6.03. The number of nitrogens with zero attached hydrogens (tertiary/aromatic N) is 2. The van der Waals surface area contributed by atoms with E-state index in [9.17, 15) is 9.90 Å². The van der Waals surface area contributed by atoms with Crippen LogP contribution in [0.25, 0.3) is 0 Å². The van der Waals surface area contributed by atoms with Crippen LogP contribution in [-0.4, -0.2) is 16.8 Å². The molecule has 4 heteroatoms. The Hall–Kier alpha value is -2.62. The van der Waals surface area contributed by atoms with Crippen LogP contribution in [0.1, 0.15) is 29.7 Å². The van der Waals surface area contributed by atoms with Gasteiger partial charge in [-0.25, -0.2) is 0 Å². The molecule has 0 fully saturated rings. The van der Waals surface area contributed by atoms with Crippen LogP contribution in [0.2, 0.25) is 0 Å². The predicted molar refractivity (Wildman–Crippen MR) is 91.8 cm³/mol. The number of rotatable bonds is 3. The standard InChI is InChI=1S/C19H20N2O2/c1-12-9-10-16(11-13(12)2)21-18(15-7-5-4-6-8-15)17(19(22)23)14(3)20-21/h4-11,17-18H,1-3H3,(H,22,23). The van der Waals surface area contributed by atoms with Crippen LogP contribution >= 0.6 is 0 Å². The molecule has 1 aliphatic heterocycles. The van der Waals surface area contributed by atoms with Crippen molar-refractivity contribution in [3.63, 3.8) is 0 Å². The van der Waals surface area contributed by atoms with Gasteiger partial charge in [0.25, 0.3) is 0 Å². The minimum atomic E-state index is -0.841. The fraction of sp³-hybridized carbons (Fsp3) is 0.263. The van der Waals surface area contributed by atoms with E-state index < -0.39 is 11.9 Å². The topological polar surface area (TPSA) is 52.9 Å². The molecular weight excluding hydrogens is 288 g/mol. The van der Waals surface area contributed by atoms with Gasteiger partial charge in [0.2, 0.25) is 0 Å². The molecule has 0 aliphatic carbocycles. The van der Waals surface area contributed by atoms with E-state index in [1.165, 1.54) is 11.1 Å². The first-order valence-electron chi connectivity index (χ1n) is 7.68. The summed E-state index contributed by atoms with van der Waals surface area (Å²) >= 11 is 0. The van der Waals surface area contributed by atoms with E-state index in [0.717, 1.165) is 11.3 Å². The summed E-state index contributed by atoms with van der Waals surface area (Å²) in [6, 6.07) is 15.5. The van der Waals surface area contributed by atoms with Gasteiger partial charge in [-0.05, 0) is 49.6 Å². The average molecular weight is 308 g/mol. The van der Waals surface area contributed by atoms with Crippen LogP contribution in [0.15, 0.2) is 53.6 Å². The number of aryl methyl sites for hydroxylation is 2. The third-order valence-electron chi connectivity index (χ3n) is 4.46. The molecule has 0 saturated heterocycles. The molecule has 118 valence electrons. The monoisotopic (exact) mass is 308 g/mol. The highest BCUT2D eigenvalue weighted by atomic mass is 16.4. The molecule has 0 saturated carbocycles. The second-order valence-corrected chi connectivity index (χ2v) is 6.03.